The standard InChI is InChI=1S/C6H6O.C5H5N/c7-6-4-2-1-3-5-6;1-2-4-6-5-3-1/h1-5,7H;1-5H. The summed E-state index contributed by atoms with van der Waals surface area (Å²) in [6.45, 7) is 0. The fraction of sp³-hybridized carbons (Fsp3) is 0. The zero-order valence-electron chi connectivity index (χ0n) is 7.17. The van der Waals surface area contributed by atoms with Crippen LogP contribution in [0.2, 0.25) is 0 Å². The van der Waals surface area contributed by atoms with Crippen LogP contribution in [0, 0.1) is 0 Å². The molecule has 0 aliphatic heterocycles. The Balaban J connectivity index is 0.000000132. The van der Waals surface area contributed by atoms with Crippen LogP contribution in [-0.4, -0.2) is 10.1 Å². The monoisotopic (exact) mass is 173 g/mol. The SMILES string of the molecule is Oc1ccccc1.c1ccncc1. The Morgan fingerprint density at radius 2 is 1.31 bits per heavy atom. The van der Waals surface area contributed by atoms with Crippen molar-refractivity contribution in [1.82, 2.24) is 4.98 Å². The van der Waals surface area contributed by atoms with Crippen LogP contribution in [0.1, 0.15) is 0 Å². The quantitative estimate of drug-likeness (QED) is 0.663. The molecule has 2 nitrogen and oxygen atoms in total. The first-order valence-electron chi connectivity index (χ1n) is 3.98. The topological polar surface area (TPSA) is 33.1 Å². The second-order valence-corrected chi connectivity index (χ2v) is 2.36. The first-order chi connectivity index (χ1) is 6.39. The number of phenols is 1. The van der Waals surface area contributed by atoms with Crippen LogP contribution >= 0.6 is 0 Å². The summed E-state index contributed by atoms with van der Waals surface area (Å²) in [7, 11) is 0. The molecule has 0 spiro atoms. The van der Waals surface area contributed by atoms with E-state index in [1.807, 2.05) is 24.3 Å². The highest BCUT2D eigenvalue weighted by Gasteiger charge is 1.74. The highest BCUT2D eigenvalue weighted by Crippen LogP contribution is 2.02. The normalized spacial score (nSPS) is 8.31. The number of benzene rings is 1. The maximum Gasteiger partial charge on any atom is 0.115 e. The molecule has 1 N–H and O–H groups in total. The lowest BCUT2D eigenvalue weighted by molar-refractivity contribution is 0.475. The van der Waals surface area contributed by atoms with Crippen molar-refractivity contribution in [3.8, 4) is 5.75 Å². The minimum absolute atomic E-state index is 0.322. The number of phenolic OH excluding ortho intramolecular Hbond substituents is 1. The van der Waals surface area contributed by atoms with Gasteiger partial charge >= 0.3 is 0 Å². The van der Waals surface area contributed by atoms with Crippen LogP contribution in [0.5, 0.6) is 5.75 Å². The number of rotatable bonds is 0. The summed E-state index contributed by atoms with van der Waals surface area (Å²) in [5.74, 6) is 0.322. The first kappa shape index (κ1) is 9.26. The molecule has 0 bridgehead atoms. The minimum Gasteiger partial charge on any atom is -0.508 e. The Bertz CT molecular complexity index is 281. The van der Waals surface area contributed by atoms with E-state index in [2.05, 4.69) is 4.98 Å². The van der Waals surface area contributed by atoms with Crippen molar-refractivity contribution >= 4 is 0 Å². The van der Waals surface area contributed by atoms with E-state index in [9.17, 15) is 0 Å². The number of hydrogen-bond acceptors (Lipinski definition) is 2. The van der Waals surface area contributed by atoms with E-state index in [1.54, 1.807) is 36.7 Å². The lowest BCUT2D eigenvalue weighted by atomic mass is 10.3. The van der Waals surface area contributed by atoms with E-state index < -0.39 is 0 Å². The number of hydrogen-bond donors (Lipinski definition) is 1. The fourth-order valence-corrected chi connectivity index (χ4v) is 0.741. The van der Waals surface area contributed by atoms with Crippen molar-refractivity contribution in [3.63, 3.8) is 0 Å². The van der Waals surface area contributed by atoms with Crippen molar-refractivity contribution in [3.05, 3.63) is 60.9 Å². The van der Waals surface area contributed by atoms with Gasteiger partial charge in [-0.05, 0) is 24.3 Å². The lowest BCUT2D eigenvalue weighted by Crippen LogP contribution is -1.58. The molecule has 0 radical (unpaired) electrons. The summed E-state index contributed by atoms with van der Waals surface area (Å²) in [6.07, 6.45) is 3.50. The molecule has 0 saturated carbocycles. The molecule has 0 amide bonds. The average Bonchev–Trinajstić information content (AvgIpc) is 2.22. The van der Waals surface area contributed by atoms with Crippen LogP contribution in [0.3, 0.4) is 0 Å². The number of aromatic hydroxyl groups is 1. The summed E-state index contributed by atoms with van der Waals surface area (Å²) < 4.78 is 0. The Morgan fingerprint density at radius 1 is 0.769 bits per heavy atom. The van der Waals surface area contributed by atoms with Crippen LogP contribution in [-0.2, 0) is 0 Å². The lowest BCUT2D eigenvalue weighted by Gasteiger charge is -1.82. The number of pyridine rings is 1. The van der Waals surface area contributed by atoms with Gasteiger partial charge in [0.15, 0.2) is 0 Å². The van der Waals surface area contributed by atoms with Gasteiger partial charge in [0.2, 0.25) is 0 Å². The summed E-state index contributed by atoms with van der Waals surface area (Å²) in [5, 5.41) is 8.63. The molecule has 2 aromatic rings. The molecule has 2 heteroatoms. The third kappa shape index (κ3) is 4.58. The van der Waals surface area contributed by atoms with Gasteiger partial charge < -0.3 is 5.11 Å². The molecule has 0 atom stereocenters. The molecule has 13 heavy (non-hydrogen) atoms. The smallest absolute Gasteiger partial charge is 0.115 e. The zero-order valence-corrected chi connectivity index (χ0v) is 7.17. The van der Waals surface area contributed by atoms with Crippen LogP contribution in [0.25, 0.3) is 0 Å². The highest BCUT2D eigenvalue weighted by atomic mass is 16.3. The highest BCUT2D eigenvalue weighted by molar-refractivity contribution is 5.18. The molecule has 66 valence electrons. The maximum absolute atomic E-state index is 8.63. The van der Waals surface area contributed by atoms with Crippen molar-refractivity contribution in [2.24, 2.45) is 0 Å². The van der Waals surface area contributed by atoms with E-state index in [1.165, 1.54) is 0 Å². The third-order valence-corrected chi connectivity index (χ3v) is 1.32. The van der Waals surface area contributed by atoms with Crippen molar-refractivity contribution in [2.75, 3.05) is 0 Å². The predicted octanol–water partition coefficient (Wildman–Crippen LogP) is 2.47. The minimum atomic E-state index is 0.322. The van der Waals surface area contributed by atoms with E-state index in [0.717, 1.165) is 0 Å². The summed E-state index contributed by atoms with van der Waals surface area (Å²) in [6, 6.07) is 14.4. The van der Waals surface area contributed by atoms with Gasteiger partial charge in [-0.1, -0.05) is 24.3 Å². The van der Waals surface area contributed by atoms with Crippen molar-refractivity contribution in [1.29, 1.82) is 0 Å². The molecule has 0 aliphatic rings. The largest absolute Gasteiger partial charge is 0.508 e. The van der Waals surface area contributed by atoms with Crippen LogP contribution < -0.4 is 0 Å². The van der Waals surface area contributed by atoms with Gasteiger partial charge in [-0.3, -0.25) is 4.98 Å². The Hall–Kier alpha value is -1.83. The first-order valence-corrected chi connectivity index (χ1v) is 3.98. The molecular weight excluding hydrogens is 162 g/mol. The molecule has 2 rings (SSSR count). The average molecular weight is 173 g/mol. The Kier molecular flexibility index (Phi) is 4.11. The van der Waals surface area contributed by atoms with Crippen LogP contribution in [0.15, 0.2) is 60.9 Å². The number of nitrogens with zero attached hydrogens (tertiary/aromatic N) is 1. The van der Waals surface area contributed by atoms with Gasteiger partial charge in [0.25, 0.3) is 0 Å². The van der Waals surface area contributed by atoms with Gasteiger partial charge in [0.05, 0.1) is 0 Å². The van der Waals surface area contributed by atoms with E-state index in [0.29, 0.717) is 5.75 Å². The molecular formula is C11H11NO. The Labute approximate surface area is 77.5 Å². The van der Waals surface area contributed by atoms with Gasteiger partial charge in [0.1, 0.15) is 5.75 Å². The molecule has 0 saturated heterocycles. The van der Waals surface area contributed by atoms with Gasteiger partial charge in [-0.25, -0.2) is 0 Å². The molecule has 1 aromatic carbocycles. The van der Waals surface area contributed by atoms with Crippen molar-refractivity contribution < 1.29 is 5.11 Å². The molecule has 0 unspecified atom stereocenters. The van der Waals surface area contributed by atoms with Gasteiger partial charge in [-0.2, -0.15) is 0 Å². The summed E-state index contributed by atoms with van der Waals surface area (Å²) in [4.78, 5) is 3.78. The molecule has 1 aromatic heterocycles. The number of para-hydroxylation sites is 1. The molecule has 1 heterocycles. The van der Waals surface area contributed by atoms with Crippen LogP contribution in [0.4, 0.5) is 0 Å². The number of aromatic nitrogens is 1. The summed E-state index contributed by atoms with van der Waals surface area (Å²) >= 11 is 0. The molecule has 0 aliphatic carbocycles. The summed E-state index contributed by atoms with van der Waals surface area (Å²) in [5.41, 5.74) is 0. The second-order valence-electron chi connectivity index (χ2n) is 2.36. The Morgan fingerprint density at radius 3 is 1.54 bits per heavy atom. The predicted molar refractivity (Wildman–Crippen MR) is 52.3 cm³/mol. The zero-order chi connectivity index (χ0) is 9.36. The maximum atomic E-state index is 8.63. The van der Waals surface area contributed by atoms with E-state index in [-0.39, 0.29) is 0 Å². The van der Waals surface area contributed by atoms with E-state index in [4.69, 9.17) is 5.11 Å². The molecule has 0 fully saturated rings. The van der Waals surface area contributed by atoms with Gasteiger partial charge in [0, 0.05) is 12.4 Å². The van der Waals surface area contributed by atoms with Gasteiger partial charge in [-0.15, -0.1) is 0 Å². The van der Waals surface area contributed by atoms with E-state index >= 15 is 0 Å². The fourth-order valence-electron chi connectivity index (χ4n) is 0.741. The van der Waals surface area contributed by atoms with Crippen molar-refractivity contribution in [2.45, 2.75) is 0 Å². The third-order valence-electron chi connectivity index (χ3n) is 1.32. The second kappa shape index (κ2) is 5.77.